The standard InChI is InChI=1S/C16H17N3O6S/c1-8(26(24)25)7-18-12(20)6-5-11(15(18)22)19-14(21)9-3-2-4-10(17)13(9)16(19)23/h2-4,8,11H,5-7,17H2,1H3,(H,24,25). The zero-order valence-electron chi connectivity index (χ0n) is 13.9. The van der Waals surface area contributed by atoms with Crippen LogP contribution in [0, 0.1) is 0 Å². The van der Waals surface area contributed by atoms with Gasteiger partial charge in [0.15, 0.2) is 11.1 Å². The second-order valence-corrected chi connectivity index (χ2v) is 7.59. The number of nitrogen functional groups attached to an aromatic ring is 1. The van der Waals surface area contributed by atoms with E-state index in [1.165, 1.54) is 19.1 Å². The van der Waals surface area contributed by atoms with E-state index >= 15 is 0 Å². The molecule has 2 aliphatic rings. The first kappa shape index (κ1) is 18.2. The lowest BCUT2D eigenvalue weighted by Gasteiger charge is -2.35. The Morgan fingerprint density at radius 2 is 1.96 bits per heavy atom. The van der Waals surface area contributed by atoms with Crippen LogP contribution in [-0.4, -0.2) is 60.0 Å². The molecule has 3 rings (SSSR count). The minimum absolute atomic E-state index is 0.0101. The van der Waals surface area contributed by atoms with Gasteiger partial charge < -0.3 is 10.3 Å². The molecule has 10 heteroatoms. The Labute approximate surface area is 151 Å². The zero-order chi connectivity index (χ0) is 19.2. The number of likely N-dealkylation sites (tertiary alicyclic amines) is 1. The Morgan fingerprint density at radius 1 is 1.27 bits per heavy atom. The summed E-state index contributed by atoms with van der Waals surface area (Å²) in [4.78, 5) is 51.8. The van der Waals surface area contributed by atoms with Gasteiger partial charge in [-0.25, -0.2) is 4.21 Å². The van der Waals surface area contributed by atoms with Gasteiger partial charge in [0.05, 0.1) is 16.4 Å². The summed E-state index contributed by atoms with van der Waals surface area (Å²) in [5.74, 6) is -2.54. The molecule has 3 unspecified atom stereocenters. The molecule has 3 atom stereocenters. The van der Waals surface area contributed by atoms with Gasteiger partial charge in [0.25, 0.3) is 17.7 Å². The molecule has 0 radical (unpaired) electrons. The maximum atomic E-state index is 12.8. The molecule has 0 bridgehead atoms. The summed E-state index contributed by atoms with van der Waals surface area (Å²) in [6.07, 6.45) is -0.0415. The first-order chi connectivity index (χ1) is 12.2. The third kappa shape index (κ3) is 2.80. The minimum atomic E-state index is -2.21. The summed E-state index contributed by atoms with van der Waals surface area (Å²) in [5, 5.41) is -0.848. The lowest BCUT2D eigenvalue weighted by atomic mass is 10.0. The highest BCUT2D eigenvalue weighted by molar-refractivity contribution is 7.79. The topological polar surface area (TPSA) is 138 Å². The molecule has 0 aliphatic carbocycles. The summed E-state index contributed by atoms with van der Waals surface area (Å²) in [6.45, 7) is 1.16. The molecule has 1 aromatic rings. The molecule has 1 saturated heterocycles. The van der Waals surface area contributed by atoms with Crippen LogP contribution in [0.3, 0.4) is 0 Å². The highest BCUT2D eigenvalue weighted by Crippen LogP contribution is 2.32. The molecule has 0 spiro atoms. The fourth-order valence-electron chi connectivity index (χ4n) is 3.19. The number of piperidine rings is 1. The average Bonchev–Trinajstić information content (AvgIpc) is 2.84. The Hall–Kier alpha value is -2.59. The molecule has 26 heavy (non-hydrogen) atoms. The lowest BCUT2D eigenvalue weighted by molar-refractivity contribution is -0.151. The number of carbonyl (C=O) groups excluding carboxylic acids is 4. The first-order valence-electron chi connectivity index (χ1n) is 7.94. The van der Waals surface area contributed by atoms with Gasteiger partial charge >= 0.3 is 0 Å². The van der Waals surface area contributed by atoms with Gasteiger partial charge in [0.1, 0.15) is 6.04 Å². The predicted octanol–water partition coefficient (Wildman–Crippen LogP) is -0.00740. The van der Waals surface area contributed by atoms with Crippen molar-refractivity contribution in [3.63, 3.8) is 0 Å². The van der Waals surface area contributed by atoms with Crippen molar-refractivity contribution in [1.29, 1.82) is 0 Å². The molecule has 4 amide bonds. The van der Waals surface area contributed by atoms with Gasteiger partial charge in [-0.3, -0.25) is 29.0 Å². The average molecular weight is 379 g/mol. The molecular formula is C16H17N3O6S. The van der Waals surface area contributed by atoms with E-state index < -0.39 is 46.0 Å². The Kier molecular flexibility index (Phi) is 4.63. The van der Waals surface area contributed by atoms with Gasteiger partial charge in [-0.1, -0.05) is 6.07 Å². The van der Waals surface area contributed by atoms with E-state index in [9.17, 15) is 23.4 Å². The van der Waals surface area contributed by atoms with Crippen LogP contribution in [0.4, 0.5) is 5.69 Å². The van der Waals surface area contributed by atoms with Crippen molar-refractivity contribution in [2.75, 3.05) is 12.3 Å². The molecule has 2 aliphatic heterocycles. The van der Waals surface area contributed by atoms with Crippen LogP contribution >= 0.6 is 0 Å². The number of nitrogens with zero attached hydrogens (tertiary/aromatic N) is 2. The summed E-state index contributed by atoms with van der Waals surface area (Å²) in [5.41, 5.74) is 6.11. The minimum Gasteiger partial charge on any atom is -0.398 e. The quantitative estimate of drug-likeness (QED) is 0.426. The molecule has 1 aromatic carbocycles. The summed E-state index contributed by atoms with van der Waals surface area (Å²) in [7, 11) is 0. The predicted molar refractivity (Wildman–Crippen MR) is 91.3 cm³/mol. The summed E-state index contributed by atoms with van der Waals surface area (Å²) in [6, 6.07) is 3.35. The van der Waals surface area contributed by atoms with Crippen LogP contribution in [0.5, 0.6) is 0 Å². The maximum absolute atomic E-state index is 12.8. The lowest BCUT2D eigenvalue weighted by Crippen LogP contribution is -2.57. The van der Waals surface area contributed by atoms with E-state index in [1.807, 2.05) is 0 Å². The van der Waals surface area contributed by atoms with E-state index in [0.29, 0.717) is 0 Å². The monoisotopic (exact) mass is 379 g/mol. The third-order valence-corrected chi connectivity index (χ3v) is 5.40. The fourth-order valence-corrected chi connectivity index (χ4v) is 3.46. The van der Waals surface area contributed by atoms with Crippen molar-refractivity contribution in [3.05, 3.63) is 29.3 Å². The van der Waals surface area contributed by atoms with E-state index in [1.54, 1.807) is 6.07 Å². The third-order valence-electron chi connectivity index (χ3n) is 4.56. The number of benzene rings is 1. The van der Waals surface area contributed by atoms with Gasteiger partial charge in [-0.15, -0.1) is 0 Å². The smallest absolute Gasteiger partial charge is 0.264 e. The number of amides is 4. The molecular weight excluding hydrogens is 362 g/mol. The Balaban J connectivity index is 1.90. The van der Waals surface area contributed by atoms with Gasteiger partial charge in [-0.05, 0) is 25.5 Å². The second kappa shape index (κ2) is 6.61. The number of nitrogens with two attached hydrogens (primary N) is 1. The van der Waals surface area contributed by atoms with E-state index in [-0.39, 0.29) is 36.2 Å². The number of fused-ring (bicyclic) bond motifs is 1. The molecule has 9 nitrogen and oxygen atoms in total. The molecule has 3 N–H and O–H groups in total. The van der Waals surface area contributed by atoms with Crippen molar-refractivity contribution in [1.82, 2.24) is 9.80 Å². The number of anilines is 1. The highest BCUT2D eigenvalue weighted by atomic mass is 32.2. The molecule has 2 heterocycles. The Bertz CT molecular complexity index is 854. The van der Waals surface area contributed by atoms with Crippen LogP contribution in [-0.2, 0) is 20.7 Å². The maximum Gasteiger partial charge on any atom is 0.264 e. The number of imide groups is 2. The van der Waals surface area contributed by atoms with E-state index in [4.69, 9.17) is 10.3 Å². The van der Waals surface area contributed by atoms with E-state index in [0.717, 1.165) is 9.80 Å². The van der Waals surface area contributed by atoms with Crippen molar-refractivity contribution in [3.8, 4) is 0 Å². The van der Waals surface area contributed by atoms with Crippen molar-refractivity contribution in [2.24, 2.45) is 0 Å². The van der Waals surface area contributed by atoms with Crippen LogP contribution in [0.1, 0.15) is 40.5 Å². The summed E-state index contributed by atoms with van der Waals surface area (Å²) >= 11 is -2.21. The van der Waals surface area contributed by atoms with E-state index in [2.05, 4.69) is 0 Å². The van der Waals surface area contributed by atoms with Crippen LogP contribution in [0.15, 0.2) is 18.2 Å². The highest BCUT2D eigenvalue weighted by Gasteiger charge is 2.47. The van der Waals surface area contributed by atoms with Crippen LogP contribution < -0.4 is 5.73 Å². The number of hydrogen-bond acceptors (Lipinski definition) is 6. The van der Waals surface area contributed by atoms with Crippen molar-refractivity contribution < 1.29 is 27.9 Å². The normalized spacial score (nSPS) is 22.6. The first-order valence-corrected chi connectivity index (χ1v) is 9.11. The molecule has 138 valence electrons. The van der Waals surface area contributed by atoms with Gasteiger partial charge in [-0.2, -0.15) is 0 Å². The Morgan fingerprint density at radius 3 is 2.58 bits per heavy atom. The van der Waals surface area contributed by atoms with Crippen LogP contribution in [0.25, 0.3) is 0 Å². The van der Waals surface area contributed by atoms with Gasteiger partial charge in [0.2, 0.25) is 5.91 Å². The number of carbonyl (C=O) groups is 4. The zero-order valence-corrected chi connectivity index (χ0v) is 14.7. The van der Waals surface area contributed by atoms with Crippen LogP contribution in [0.2, 0.25) is 0 Å². The largest absolute Gasteiger partial charge is 0.398 e. The van der Waals surface area contributed by atoms with Gasteiger partial charge in [0, 0.05) is 18.7 Å². The second-order valence-electron chi connectivity index (χ2n) is 6.23. The molecule has 1 fully saturated rings. The van der Waals surface area contributed by atoms with Crippen molar-refractivity contribution in [2.45, 2.75) is 31.1 Å². The molecule has 0 aromatic heterocycles. The molecule has 0 saturated carbocycles. The summed E-state index contributed by atoms with van der Waals surface area (Å²) < 4.78 is 20.3. The number of hydrogen-bond donors (Lipinski definition) is 2. The fraction of sp³-hybridized carbons (Fsp3) is 0.375. The number of rotatable bonds is 4. The SMILES string of the molecule is CC(CN1C(=O)CCC(N2C(=O)c3cccc(N)c3C2=O)C1=O)S(=O)O. The van der Waals surface area contributed by atoms with Crippen molar-refractivity contribution >= 4 is 40.4 Å².